The van der Waals surface area contributed by atoms with E-state index in [0.717, 1.165) is 30.4 Å². The first kappa shape index (κ1) is 16.8. The van der Waals surface area contributed by atoms with Crippen LogP contribution < -0.4 is 14.9 Å². The summed E-state index contributed by atoms with van der Waals surface area (Å²) >= 11 is 0. The first-order valence-electron chi connectivity index (χ1n) is 8.79. The van der Waals surface area contributed by atoms with Crippen LogP contribution in [0.2, 0.25) is 0 Å². The van der Waals surface area contributed by atoms with Crippen molar-refractivity contribution in [2.75, 3.05) is 14.2 Å². The Morgan fingerprint density at radius 3 is 2.58 bits per heavy atom. The molecule has 5 nitrogen and oxygen atoms in total. The van der Waals surface area contributed by atoms with Gasteiger partial charge >= 0.3 is 0 Å². The number of carbonyl (C=O) groups is 1. The number of ether oxygens (including phenoxy) is 2. The van der Waals surface area contributed by atoms with E-state index in [9.17, 15) is 4.79 Å². The van der Waals surface area contributed by atoms with Crippen LogP contribution in [0.15, 0.2) is 23.3 Å². The van der Waals surface area contributed by atoms with E-state index in [2.05, 4.69) is 10.5 Å². The van der Waals surface area contributed by atoms with Crippen LogP contribution in [0.4, 0.5) is 0 Å². The number of carbonyl (C=O) groups excluding carboxylic acids is 1. The highest BCUT2D eigenvalue weighted by atomic mass is 16.5. The van der Waals surface area contributed by atoms with Gasteiger partial charge in [-0.25, -0.2) is 5.43 Å². The summed E-state index contributed by atoms with van der Waals surface area (Å²) in [5, 5.41) is 4.39. The van der Waals surface area contributed by atoms with Gasteiger partial charge in [0, 0.05) is 11.3 Å². The van der Waals surface area contributed by atoms with Crippen molar-refractivity contribution in [2.24, 2.45) is 16.9 Å². The third-order valence-electron chi connectivity index (χ3n) is 5.33. The Labute approximate surface area is 143 Å². The first-order chi connectivity index (χ1) is 11.7. The van der Waals surface area contributed by atoms with Crippen molar-refractivity contribution in [3.63, 3.8) is 0 Å². The molecular formula is C19H26N2O3. The van der Waals surface area contributed by atoms with E-state index >= 15 is 0 Å². The molecule has 1 aromatic rings. The number of amides is 1. The third kappa shape index (κ3) is 3.71. The fraction of sp³-hybridized carbons (Fsp3) is 0.579. The standard InChI is InChI=1S/C19H26N2O3/c1-23-17-10-8-15(12-18(17)24-2)19(22)21-20-16-9-7-13-5-3-4-6-14(13)11-16/h8,10,12-14H,3-7,9,11H2,1-2H3,(H,21,22)/b20-16-/t13-,14-/m0/s1. The molecule has 2 aliphatic carbocycles. The molecule has 3 rings (SSSR count). The lowest BCUT2D eigenvalue weighted by Gasteiger charge is -2.35. The summed E-state index contributed by atoms with van der Waals surface area (Å²) in [4.78, 5) is 12.3. The van der Waals surface area contributed by atoms with Crippen molar-refractivity contribution in [3.05, 3.63) is 23.8 Å². The fourth-order valence-electron chi connectivity index (χ4n) is 3.96. The highest BCUT2D eigenvalue weighted by molar-refractivity contribution is 5.96. The third-order valence-corrected chi connectivity index (χ3v) is 5.33. The number of fused-ring (bicyclic) bond motifs is 1. The Morgan fingerprint density at radius 1 is 1.08 bits per heavy atom. The maximum absolute atomic E-state index is 12.3. The SMILES string of the molecule is COc1ccc(C(=O)N/N=C2/CC[C@@H]3CCCC[C@H]3C2)cc1OC. The molecule has 0 heterocycles. The Bertz CT molecular complexity index is 627. The molecule has 0 spiro atoms. The van der Waals surface area contributed by atoms with Gasteiger partial charge in [-0.2, -0.15) is 5.10 Å². The van der Waals surface area contributed by atoms with Gasteiger partial charge in [0.25, 0.3) is 5.91 Å². The zero-order valence-corrected chi connectivity index (χ0v) is 14.5. The van der Waals surface area contributed by atoms with E-state index in [1.54, 1.807) is 32.4 Å². The van der Waals surface area contributed by atoms with Crippen LogP contribution in [0, 0.1) is 11.8 Å². The van der Waals surface area contributed by atoms with Gasteiger partial charge in [0.05, 0.1) is 14.2 Å². The lowest BCUT2D eigenvalue weighted by atomic mass is 9.70. The van der Waals surface area contributed by atoms with Crippen molar-refractivity contribution in [1.29, 1.82) is 0 Å². The normalized spacial score (nSPS) is 25.0. The van der Waals surface area contributed by atoms with Crippen LogP contribution in [-0.4, -0.2) is 25.8 Å². The number of hydrazone groups is 1. The molecule has 0 aliphatic heterocycles. The summed E-state index contributed by atoms with van der Waals surface area (Å²) < 4.78 is 10.4. The molecule has 5 heteroatoms. The minimum atomic E-state index is -0.214. The molecule has 0 bridgehead atoms. The molecule has 1 N–H and O–H groups in total. The largest absolute Gasteiger partial charge is 0.493 e. The number of hydrogen-bond acceptors (Lipinski definition) is 4. The molecule has 0 aromatic heterocycles. The van der Waals surface area contributed by atoms with E-state index in [0.29, 0.717) is 17.1 Å². The van der Waals surface area contributed by atoms with E-state index in [1.165, 1.54) is 32.1 Å². The molecule has 0 saturated heterocycles. The van der Waals surface area contributed by atoms with Crippen LogP contribution in [-0.2, 0) is 0 Å². The number of hydrogen-bond donors (Lipinski definition) is 1. The lowest BCUT2D eigenvalue weighted by molar-refractivity contribution is 0.0953. The van der Waals surface area contributed by atoms with Gasteiger partial charge in [-0.05, 0) is 55.7 Å². The van der Waals surface area contributed by atoms with E-state index < -0.39 is 0 Å². The summed E-state index contributed by atoms with van der Waals surface area (Å²) in [5.41, 5.74) is 4.35. The van der Waals surface area contributed by atoms with Crippen LogP contribution in [0.5, 0.6) is 11.5 Å². The molecule has 0 unspecified atom stereocenters. The second-order valence-electron chi connectivity index (χ2n) is 6.74. The van der Waals surface area contributed by atoms with Crippen molar-refractivity contribution in [3.8, 4) is 11.5 Å². The molecule has 2 atom stereocenters. The zero-order chi connectivity index (χ0) is 16.9. The maximum atomic E-state index is 12.3. The summed E-state index contributed by atoms with van der Waals surface area (Å²) in [6.07, 6.45) is 8.67. The number of benzene rings is 1. The van der Waals surface area contributed by atoms with E-state index in [1.807, 2.05) is 0 Å². The Morgan fingerprint density at radius 2 is 1.83 bits per heavy atom. The van der Waals surface area contributed by atoms with Crippen molar-refractivity contribution in [1.82, 2.24) is 5.43 Å². The van der Waals surface area contributed by atoms with Gasteiger partial charge in [-0.15, -0.1) is 0 Å². The predicted octanol–water partition coefficient (Wildman–Crippen LogP) is 3.78. The molecule has 1 aromatic carbocycles. The number of nitrogens with zero attached hydrogens (tertiary/aromatic N) is 1. The monoisotopic (exact) mass is 330 g/mol. The smallest absolute Gasteiger partial charge is 0.271 e. The van der Waals surface area contributed by atoms with Gasteiger partial charge in [0.1, 0.15) is 0 Å². The summed E-state index contributed by atoms with van der Waals surface area (Å²) in [6.45, 7) is 0. The summed E-state index contributed by atoms with van der Waals surface area (Å²) in [7, 11) is 3.13. The highest BCUT2D eigenvalue weighted by Crippen LogP contribution is 2.39. The van der Waals surface area contributed by atoms with Crippen molar-refractivity contribution >= 4 is 11.6 Å². The maximum Gasteiger partial charge on any atom is 0.271 e. The lowest BCUT2D eigenvalue weighted by Crippen LogP contribution is -2.29. The summed E-state index contributed by atoms with van der Waals surface area (Å²) in [5.74, 6) is 2.58. The van der Waals surface area contributed by atoms with E-state index in [-0.39, 0.29) is 5.91 Å². The first-order valence-corrected chi connectivity index (χ1v) is 8.79. The number of methoxy groups -OCH3 is 2. The van der Waals surface area contributed by atoms with Gasteiger partial charge in [0.2, 0.25) is 0 Å². The van der Waals surface area contributed by atoms with Crippen LogP contribution in [0.1, 0.15) is 55.3 Å². The molecule has 130 valence electrons. The van der Waals surface area contributed by atoms with Gasteiger partial charge < -0.3 is 9.47 Å². The Balaban J connectivity index is 1.62. The molecule has 1 amide bonds. The van der Waals surface area contributed by atoms with Gasteiger partial charge in [-0.1, -0.05) is 19.3 Å². The van der Waals surface area contributed by atoms with Gasteiger partial charge in [0.15, 0.2) is 11.5 Å². The predicted molar refractivity (Wildman–Crippen MR) is 93.7 cm³/mol. The number of rotatable bonds is 4. The molecular weight excluding hydrogens is 304 g/mol. The van der Waals surface area contributed by atoms with Crippen molar-refractivity contribution in [2.45, 2.75) is 44.9 Å². The van der Waals surface area contributed by atoms with Crippen LogP contribution in [0.25, 0.3) is 0 Å². The van der Waals surface area contributed by atoms with E-state index in [4.69, 9.17) is 9.47 Å². The second kappa shape index (κ2) is 7.69. The minimum Gasteiger partial charge on any atom is -0.493 e. The van der Waals surface area contributed by atoms with Crippen molar-refractivity contribution < 1.29 is 14.3 Å². The molecule has 2 fully saturated rings. The molecule has 0 radical (unpaired) electrons. The minimum absolute atomic E-state index is 0.214. The van der Waals surface area contributed by atoms with Crippen LogP contribution in [0.3, 0.4) is 0 Å². The quantitative estimate of drug-likeness (QED) is 0.855. The topological polar surface area (TPSA) is 59.9 Å². The molecule has 24 heavy (non-hydrogen) atoms. The second-order valence-corrected chi connectivity index (χ2v) is 6.74. The van der Waals surface area contributed by atoms with Crippen LogP contribution >= 0.6 is 0 Å². The molecule has 2 aliphatic rings. The highest BCUT2D eigenvalue weighted by Gasteiger charge is 2.30. The fourth-order valence-corrected chi connectivity index (χ4v) is 3.96. The molecule has 2 saturated carbocycles. The average Bonchev–Trinajstić information content (AvgIpc) is 2.65. The summed E-state index contributed by atoms with van der Waals surface area (Å²) in [6, 6.07) is 5.12. The average molecular weight is 330 g/mol. The zero-order valence-electron chi connectivity index (χ0n) is 14.5. The Kier molecular flexibility index (Phi) is 5.38. The Hall–Kier alpha value is -2.04. The van der Waals surface area contributed by atoms with Gasteiger partial charge in [-0.3, -0.25) is 4.79 Å². The number of nitrogens with one attached hydrogen (secondary N) is 1.